The van der Waals surface area contributed by atoms with Gasteiger partial charge in [-0.05, 0) is 5.92 Å². The first-order valence-corrected chi connectivity index (χ1v) is 5.78. The quantitative estimate of drug-likeness (QED) is 0.538. The lowest BCUT2D eigenvalue weighted by molar-refractivity contribution is -0.146. The second kappa shape index (κ2) is 5.28. The number of hydrogen-bond donors (Lipinski definition) is 3. The minimum atomic E-state index is -3.48. The van der Waals surface area contributed by atoms with Crippen LogP contribution in [0.2, 0.25) is 0 Å². The van der Waals surface area contributed by atoms with Crippen molar-refractivity contribution in [2.75, 3.05) is 12.3 Å². The molecule has 0 aromatic heterocycles. The molecule has 0 aliphatic heterocycles. The molecule has 0 aliphatic carbocycles. The van der Waals surface area contributed by atoms with Crippen molar-refractivity contribution in [1.82, 2.24) is 4.72 Å². The Morgan fingerprint density at radius 2 is 1.93 bits per heavy atom. The summed E-state index contributed by atoms with van der Waals surface area (Å²) < 4.78 is 24.3. The lowest BCUT2D eigenvalue weighted by atomic mass is 10.3. The summed E-state index contributed by atoms with van der Waals surface area (Å²) in [6, 6.07) is 0. The number of aliphatic hydroxyl groups is 1. The van der Waals surface area contributed by atoms with E-state index in [-0.39, 0.29) is 11.7 Å². The highest BCUT2D eigenvalue weighted by Crippen LogP contribution is 1.97. The van der Waals surface area contributed by atoms with Gasteiger partial charge in [0.25, 0.3) is 0 Å². The fourth-order valence-corrected chi connectivity index (χ4v) is 2.20. The van der Waals surface area contributed by atoms with Crippen molar-refractivity contribution in [2.45, 2.75) is 20.0 Å². The number of sulfonamides is 1. The molecular formula is C7H15NO5S. The topological polar surface area (TPSA) is 104 Å². The number of aliphatic hydroxyl groups excluding tert-OH is 1. The third-order valence-electron chi connectivity index (χ3n) is 1.33. The molecule has 0 aromatic carbocycles. The van der Waals surface area contributed by atoms with Crippen LogP contribution in [0.1, 0.15) is 13.8 Å². The maximum absolute atomic E-state index is 11.2. The van der Waals surface area contributed by atoms with Gasteiger partial charge < -0.3 is 10.2 Å². The van der Waals surface area contributed by atoms with Gasteiger partial charge in [-0.15, -0.1) is 0 Å². The lowest BCUT2D eigenvalue weighted by Crippen LogP contribution is -2.38. The standard InChI is InChI=1S/C7H15NO5S/c1-5(2)4-14(12,13)8-3-6(9)7(10)11/h5-6,8-9H,3-4H2,1-2H3,(H,10,11). The van der Waals surface area contributed by atoms with Crippen LogP contribution in [0.5, 0.6) is 0 Å². The van der Waals surface area contributed by atoms with Gasteiger partial charge in [0.2, 0.25) is 10.0 Å². The number of aliphatic carboxylic acids is 1. The third kappa shape index (κ3) is 5.90. The number of carboxylic acid groups (broad SMARTS) is 1. The maximum atomic E-state index is 11.2. The van der Waals surface area contributed by atoms with Gasteiger partial charge >= 0.3 is 5.97 Å². The van der Waals surface area contributed by atoms with Gasteiger partial charge in [-0.1, -0.05) is 13.8 Å². The van der Waals surface area contributed by atoms with E-state index < -0.39 is 28.6 Å². The fourth-order valence-electron chi connectivity index (χ4n) is 0.791. The summed E-state index contributed by atoms with van der Waals surface area (Å²) in [6.45, 7) is 2.96. The maximum Gasteiger partial charge on any atom is 0.333 e. The molecule has 0 radical (unpaired) electrons. The summed E-state index contributed by atoms with van der Waals surface area (Å²) >= 11 is 0. The van der Waals surface area contributed by atoms with E-state index in [0.29, 0.717) is 0 Å². The minimum Gasteiger partial charge on any atom is -0.479 e. The van der Waals surface area contributed by atoms with Gasteiger partial charge in [0.1, 0.15) is 0 Å². The van der Waals surface area contributed by atoms with Crippen molar-refractivity contribution in [3.8, 4) is 0 Å². The van der Waals surface area contributed by atoms with Gasteiger partial charge in [0, 0.05) is 6.54 Å². The molecular weight excluding hydrogens is 210 g/mol. The molecule has 7 heteroatoms. The smallest absolute Gasteiger partial charge is 0.333 e. The van der Waals surface area contributed by atoms with Gasteiger partial charge in [-0.3, -0.25) is 0 Å². The molecule has 14 heavy (non-hydrogen) atoms. The molecule has 0 fully saturated rings. The Kier molecular flexibility index (Phi) is 5.03. The molecule has 0 heterocycles. The molecule has 0 bridgehead atoms. The highest BCUT2D eigenvalue weighted by Gasteiger charge is 2.18. The highest BCUT2D eigenvalue weighted by molar-refractivity contribution is 7.89. The molecule has 0 amide bonds. The zero-order valence-corrected chi connectivity index (χ0v) is 8.91. The van der Waals surface area contributed by atoms with Gasteiger partial charge in [-0.25, -0.2) is 17.9 Å². The average Bonchev–Trinajstić information content (AvgIpc) is 1.97. The minimum absolute atomic E-state index is 0.0468. The predicted octanol–water partition coefficient (Wildman–Crippen LogP) is -0.993. The Labute approximate surface area is 83.0 Å². The van der Waals surface area contributed by atoms with Crippen molar-refractivity contribution in [1.29, 1.82) is 0 Å². The zero-order valence-electron chi connectivity index (χ0n) is 8.10. The van der Waals surface area contributed by atoms with Crippen LogP contribution in [0.25, 0.3) is 0 Å². The molecule has 6 nitrogen and oxygen atoms in total. The van der Waals surface area contributed by atoms with Crippen LogP contribution in [-0.2, 0) is 14.8 Å². The highest BCUT2D eigenvalue weighted by atomic mass is 32.2. The molecule has 0 spiro atoms. The summed E-state index contributed by atoms with van der Waals surface area (Å²) in [4.78, 5) is 10.2. The van der Waals surface area contributed by atoms with Crippen LogP contribution in [0.15, 0.2) is 0 Å². The number of nitrogens with one attached hydrogen (secondary N) is 1. The Balaban J connectivity index is 4.06. The zero-order chi connectivity index (χ0) is 11.4. The second-order valence-electron chi connectivity index (χ2n) is 3.38. The molecule has 3 N–H and O–H groups in total. The van der Waals surface area contributed by atoms with Gasteiger partial charge in [0.05, 0.1) is 5.75 Å². The summed E-state index contributed by atoms with van der Waals surface area (Å²) in [7, 11) is -3.48. The van der Waals surface area contributed by atoms with E-state index in [1.165, 1.54) is 0 Å². The monoisotopic (exact) mass is 225 g/mol. The molecule has 0 aromatic rings. The first-order valence-electron chi connectivity index (χ1n) is 4.13. The summed E-state index contributed by atoms with van der Waals surface area (Å²) in [5, 5.41) is 17.1. The lowest BCUT2D eigenvalue weighted by Gasteiger charge is -2.10. The van der Waals surface area contributed by atoms with E-state index in [9.17, 15) is 13.2 Å². The Morgan fingerprint density at radius 1 is 1.43 bits per heavy atom. The first-order chi connectivity index (χ1) is 6.24. The number of hydrogen-bond acceptors (Lipinski definition) is 4. The number of carboxylic acids is 1. The van der Waals surface area contributed by atoms with Crippen molar-refractivity contribution in [3.63, 3.8) is 0 Å². The Bertz CT molecular complexity index is 284. The number of rotatable bonds is 6. The summed E-state index contributed by atoms with van der Waals surface area (Å²) in [5.41, 5.74) is 0. The van der Waals surface area contributed by atoms with Crippen molar-refractivity contribution >= 4 is 16.0 Å². The van der Waals surface area contributed by atoms with Crippen LogP contribution in [0, 0.1) is 5.92 Å². The van der Waals surface area contributed by atoms with Crippen molar-refractivity contribution < 1.29 is 23.4 Å². The van der Waals surface area contributed by atoms with E-state index in [4.69, 9.17) is 10.2 Å². The van der Waals surface area contributed by atoms with Crippen LogP contribution in [-0.4, -0.2) is 43.0 Å². The largest absolute Gasteiger partial charge is 0.479 e. The van der Waals surface area contributed by atoms with Crippen molar-refractivity contribution in [3.05, 3.63) is 0 Å². The molecule has 1 atom stereocenters. The molecule has 84 valence electrons. The van der Waals surface area contributed by atoms with Crippen molar-refractivity contribution in [2.24, 2.45) is 5.92 Å². The van der Waals surface area contributed by atoms with Gasteiger partial charge in [0.15, 0.2) is 6.10 Å². The van der Waals surface area contributed by atoms with E-state index in [1.807, 2.05) is 4.72 Å². The molecule has 1 unspecified atom stereocenters. The Hall–Kier alpha value is -0.660. The first kappa shape index (κ1) is 13.3. The normalized spacial score (nSPS) is 14.3. The SMILES string of the molecule is CC(C)CS(=O)(=O)NCC(O)C(=O)O. The molecule has 0 aliphatic rings. The van der Waals surface area contributed by atoms with E-state index >= 15 is 0 Å². The molecule has 0 saturated carbocycles. The van der Waals surface area contributed by atoms with Gasteiger partial charge in [-0.2, -0.15) is 0 Å². The number of carbonyl (C=O) groups is 1. The van der Waals surface area contributed by atoms with Crippen LogP contribution >= 0.6 is 0 Å². The Morgan fingerprint density at radius 3 is 2.29 bits per heavy atom. The van der Waals surface area contributed by atoms with Crippen LogP contribution in [0.4, 0.5) is 0 Å². The van der Waals surface area contributed by atoms with E-state index in [2.05, 4.69) is 0 Å². The summed E-state index contributed by atoms with van der Waals surface area (Å²) in [5.74, 6) is -1.58. The average molecular weight is 225 g/mol. The van der Waals surface area contributed by atoms with E-state index in [0.717, 1.165) is 0 Å². The predicted molar refractivity (Wildman–Crippen MR) is 50.3 cm³/mol. The molecule has 0 rings (SSSR count). The van der Waals surface area contributed by atoms with Crippen LogP contribution in [0.3, 0.4) is 0 Å². The van der Waals surface area contributed by atoms with Crippen LogP contribution < -0.4 is 4.72 Å². The fraction of sp³-hybridized carbons (Fsp3) is 0.857. The summed E-state index contributed by atoms with van der Waals surface area (Å²) in [6.07, 6.45) is -1.70. The second-order valence-corrected chi connectivity index (χ2v) is 5.23. The third-order valence-corrected chi connectivity index (χ3v) is 3.05. The molecule has 0 saturated heterocycles. The van der Waals surface area contributed by atoms with E-state index in [1.54, 1.807) is 13.8 Å².